The van der Waals surface area contributed by atoms with E-state index in [2.05, 4.69) is 4.99 Å². The van der Waals surface area contributed by atoms with Gasteiger partial charge in [0.15, 0.2) is 5.92 Å². The zero-order valence-corrected chi connectivity index (χ0v) is 15.1. The smallest absolute Gasteiger partial charge is 0.445 e. The van der Waals surface area contributed by atoms with Gasteiger partial charge in [0, 0.05) is 4.91 Å². The number of imide groups is 1. The van der Waals surface area contributed by atoms with Gasteiger partial charge in [-0.3, -0.25) is 9.59 Å². The highest BCUT2D eigenvalue weighted by Gasteiger charge is 2.48. The molecule has 3 amide bonds. The van der Waals surface area contributed by atoms with Gasteiger partial charge in [-0.15, -0.1) is 16.8 Å². The summed E-state index contributed by atoms with van der Waals surface area (Å²) in [5, 5.41) is 8.75. The predicted octanol–water partition coefficient (Wildman–Crippen LogP) is 1.97. The first-order valence-corrected chi connectivity index (χ1v) is 8.80. The fraction of sp³-hybridized carbons (Fsp3) is 0.562. The van der Waals surface area contributed by atoms with Crippen LogP contribution >= 0.6 is 11.8 Å². The summed E-state index contributed by atoms with van der Waals surface area (Å²) in [6, 6.07) is -0.433. The summed E-state index contributed by atoms with van der Waals surface area (Å²) in [4.78, 5) is 42.4. The van der Waals surface area contributed by atoms with Gasteiger partial charge in [-0.05, 0) is 18.4 Å². The number of carbonyl (C=O) groups is 3. The molecule has 24 heavy (non-hydrogen) atoms. The maximum absolute atomic E-state index is 12.7. The van der Waals surface area contributed by atoms with Gasteiger partial charge in [0.05, 0.1) is 14.1 Å². The number of aliphatic carboxylic acids is 1. The number of nitrogens with zero attached hydrogens (tertiary/aromatic N) is 3. The zero-order valence-electron chi connectivity index (χ0n) is 14.3. The van der Waals surface area contributed by atoms with Crippen LogP contribution in [0.3, 0.4) is 0 Å². The van der Waals surface area contributed by atoms with Crippen molar-refractivity contribution in [3.05, 3.63) is 10.5 Å². The number of allylic oxidation sites excluding steroid dienone is 1. The molecule has 0 radical (unpaired) electrons. The lowest BCUT2D eigenvalue weighted by Gasteiger charge is -2.29. The molecule has 130 valence electrons. The number of carboxylic acids is 1. The van der Waals surface area contributed by atoms with E-state index in [0.29, 0.717) is 23.6 Å². The molecule has 0 aliphatic carbocycles. The molecule has 2 aliphatic rings. The highest BCUT2D eigenvalue weighted by atomic mass is 32.2. The Balaban J connectivity index is 2.55. The molecule has 0 saturated heterocycles. The molecular weight excluding hydrogens is 330 g/mol. The number of carbonyl (C=O) groups excluding carboxylic acids is 2. The normalized spacial score (nSPS) is 22.2. The second kappa shape index (κ2) is 7.29. The number of carboxylic acid groups (broad SMARTS) is 1. The van der Waals surface area contributed by atoms with Crippen molar-refractivity contribution in [3.8, 4) is 0 Å². The quantitative estimate of drug-likeness (QED) is 0.738. The van der Waals surface area contributed by atoms with E-state index < -0.39 is 23.2 Å². The third-order valence-electron chi connectivity index (χ3n) is 4.12. The molecule has 2 rings (SSSR count). The Kier molecular flexibility index (Phi) is 5.58. The van der Waals surface area contributed by atoms with Crippen molar-refractivity contribution in [1.82, 2.24) is 4.90 Å². The van der Waals surface area contributed by atoms with Crippen LogP contribution < -0.4 is 0 Å². The van der Waals surface area contributed by atoms with Gasteiger partial charge in [-0.1, -0.05) is 20.3 Å². The minimum absolute atomic E-state index is 0.360. The highest BCUT2D eigenvalue weighted by molar-refractivity contribution is 8.04. The number of hydrogen-bond acceptors (Lipinski definition) is 5. The van der Waals surface area contributed by atoms with E-state index in [-0.39, 0.29) is 5.91 Å². The van der Waals surface area contributed by atoms with Gasteiger partial charge in [-0.25, -0.2) is 4.79 Å². The third kappa shape index (κ3) is 3.15. The minimum atomic E-state index is -0.907. The number of urea groups is 1. The van der Waals surface area contributed by atoms with E-state index in [0.717, 1.165) is 16.9 Å². The van der Waals surface area contributed by atoms with Crippen molar-refractivity contribution in [3.63, 3.8) is 0 Å². The van der Waals surface area contributed by atoms with Crippen molar-refractivity contribution in [2.45, 2.75) is 38.4 Å². The van der Waals surface area contributed by atoms with Gasteiger partial charge in [0.2, 0.25) is 0 Å². The standard InChI is InChI=1S/C16H21N3O4S/c1-5-7-9-8-17-13-11(12(9)24-10(6-2)15(21)22)14(20)19(4)16(23)18(13)3/h8,10-11H,5-7H2,1-4H3/p+1. The van der Waals surface area contributed by atoms with E-state index in [4.69, 9.17) is 0 Å². The first-order chi connectivity index (χ1) is 11.3. The molecule has 0 bridgehead atoms. The Labute approximate surface area is 145 Å². The summed E-state index contributed by atoms with van der Waals surface area (Å²) in [5.74, 6) is -1.61. The second-order valence-electron chi connectivity index (χ2n) is 5.78. The average Bonchev–Trinajstić information content (AvgIpc) is 2.56. The Morgan fingerprint density at radius 1 is 1.46 bits per heavy atom. The predicted molar refractivity (Wildman–Crippen MR) is 92.6 cm³/mol. The topological polar surface area (TPSA) is 90.1 Å². The molecule has 2 atom stereocenters. The van der Waals surface area contributed by atoms with Crippen molar-refractivity contribution in [2.75, 3.05) is 14.1 Å². The molecule has 0 aromatic heterocycles. The Hall–Kier alpha value is -1.96. The summed E-state index contributed by atoms with van der Waals surface area (Å²) in [5.41, 5.74) is 0.875. The molecule has 2 unspecified atom stereocenters. The molecule has 2 heterocycles. The third-order valence-corrected chi connectivity index (χ3v) is 5.69. The highest BCUT2D eigenvalue weighted by Crippen LogP contribution is 2.39. The van der Waals surface area contributed by atoms with Gasteiger partial charge < -0.3 is 5.11 Å². The van der Waals surface area contributed by atoms with Crippen molar-refractivity contribution in [2.24, 2.45) is 10.9 Å². The summed E-state index contributed by atoms with van der Waals surface area (Å²) < 4.78 is 1.35. The number of dihydropyridines is 1. The fourth-order valence-electron chi connectivity index (χ4n) is 2.76. The van der Waals surface area contributed by atoms with Crippen LogP contribution in [0.5, 0.6) is 0 Å². The number of amidine groups is 1. The lowest BCUT2D eigenvalue weighted by Crippen LogP contribution is -2.53. The molecule has 7 nitrogen and oxygen atoms in total. The molecule has 0 saturated carbocycles. The van der Waals surface area contributed by atoms with E-state index in [1.807, 2.05) is 6.92 Å². The Morgan fingerprint density at radius 3 is 2.67 bits per heavy atom. The maximum atomic E-state index is 12.7. The first-order valence-electron chi connectivity index (χ1n) is 7.92. The summed E-state index contributed by atoms with van der Waals surface area (Å²) >= 11 is 1.20. The molecule has 1 N–H and O–H groups in total. The van der Waals surface area contributed by atoms with E-state index in [1.54, 1.807) is 20.2 Å². The van der Waals surface area contributed by atoms with Crippen LogP contribution in [0.2, 0.25) is 0 Å². The van der Waals surface area contributed by atoms with Crippen LogP contribution in [0.15, 0.2) is 15.5 Å². The first kappa shape index (κ1) is 18.4. The van der Waals surface area contributed by atoms with Gasteiger partial charge in [0.25, 0.3) is 5.84 Å². The van der Waals surface area contributed by atoms with Gasteiger partial charge in [-0.2, -0.15) is 9.48 Å². The summed E-state index contributed by atoms with van der Waals surface area (Å²) in [6.45, 7) is 3.82. The fourth-order valence-corrected chi connectivity index (χ4v) is 3.98. The van der Waals surface area contributed by atoms with Crippen molar-refractivity contribution >= 4 is 41.7 Å². The minimum Gasteiger partial charge on any atom is -0.480 e. The molecule has 0 spiro atoms. The maximum Gasteiger partial charge on any atom is 0.445 e. The van der Waals surface area contributed by atoms with Crippen molar-refractivity contribution < 1.29 is 24.1 Å². The number of thioether (sulfide) groups is 1. The molecule has 0 fully saturated rings. The molecular formula is C16H22N3O4S+. The van der Waals surface area contributed by atoms with Crippen LogP contribution in [-0.2, 0) is 9.59 Å². The summed E-state index contributed by atoms with van der Waals surface area (Å²) in [6.07, 6.45) is 3.67. The second-order valence-corrected chi connectivity index (χ2v) is 7.03. The molecule has 2 aliphatic heterocycles. The molecule has 0 aromatic carbocycles. The largest absolute Gasteiger partial charge is 0.480 e. The van der Waals surface area contributed by atoms with Crippen LogP contribution in [0, 0.1) is 5.92 Å². The van der Waals surface area contributed by atoms with Crippen LogP contribution in [0.4, 0.5) is 4.79 Å². The number of rotatable bonds is 6. The van der Waals surface area contributed by atoms with E-state index >= 15 is 0 Å². The number of aliphatic imine (C=N–C) groups is 1. The Morgan fingerprint density at radius 2 is 2.12 bits per heavy atom. The zero-order chi connectivity index (χ0) is 18.0. The molecule has 0 aromatic rings. The lowest BCUT2D eigenvalue weighted by atomic mass is 9.96. The summed E-state index contributed by atoms with van der Waals surface area (Å²) in [7, 11) is 3.01. The average molecular weight is 352 g/mol. The number of hydrogen-bond donors (Lipinski definition) is 1. The molecule has 8 heteroatoms. The monoisotopic (exact) mass is 352 g/mol. The van der Waals surface area contributed by atoms with Crippen LogP contribution in [0.1, 0.15) is 33.1 Å². The van der Waals surface area contributed by atoms with E-state index in [9.17, 15) is 19.5 Å². The van der Waals surface area contributed by atoms with Crippen LogP contribution in [-0.4, -0.2) is 63.9 Å². The number of fused-ring (bicyclic) bond motifs is 1. The van der Waals surface area contributed by atoms with Crippen LogP contribution in [0.25, 0.3) is 0 Å². The Bertz CT molecular complexity index is 681. The lowest BCUT2D eigenvalue weighted by molar-refractivity contribution is -0.407. The SMILES string of the molecule is CCCC1=C(SC(CC)C(=O)O)C2C(=O)N(C)C(=O)[N+](C)=C2N=C1. The van der Waals surface area contributed by atoms with Gasteiger partial charge >= 0.3 is 17.9 Å². The van der Waals surface area contributed by atoms with E-state index in [1.165, 1.54) is 23.4 Å². The van der Waals surface area contributed by atoms with Gasteiger partial charge in [0.1, 0.15) is 11.5 Å². The number of amides is 3. The van der Waals surface area contributed by atoms with Crippen molar-refractivity contribution in [1.29, 1.82) is 0 Å².